The number of nitrogens with zero attached hydrogens (tertiary/aromatic N) is 1. The maximum Gasteiger partial charge on any atom is 0.294 e. The van der Waals surface area contributed by atoms with E-state index in [2.05, 4.69) is 0 Å². The van der Waals surface area contributed by atoms with E-state index in [0.29, 0.717) is 0 Å². The van der Waals surface area contributed by atoms with Crippen molar-refractivity contribution in [1.82, 2.24) is 4.31 Å². The lowest BCUT2D eigenvalue weighted by Crippen LogP contribution is -2.40. The van der Waals surface area contributed by atoms with Crippen LogP contribution in [0.2, 0.25) is 0 Å². The zero-order valence-electron chi connectivity index (χ0n) is 16.9. The minimum absolute atomic E-state index is 0.0447. The summed E-state index contributed by atoms with van der Waals surface area (Å²) in [5.74, 6) is 0. The molecule has 0 heterocycles. The molecule has 2 aromatic rings. The predicted octanol–water partition coefficient (Wildman–Crippen LogP) is 3.07. The summed E-state index contributed by atoms with van der Waals surface area (Å²) in [6.45, 7) is 6.54. The van der Waals surface area contributed by atoms with Crippen LogP contribution < -0.4 is 0 Å². The first-order valence-corrected chi connectivity index (χ1v) is 12.1. The van der Waals surface area contributed by atoms with Crippen LogP contribution >= 0.6 is 0 Å². The zero-order chi connectivity index (χ0) is 22.0. The number of aliphatic hydroxyl groups is 1. The molecule has 2 atom stereocenters. The van der Waals surface area contributed by atoms with Gasteiger partial charge in [0.15, 0.2) is 0 Å². The van der Waals surface area contributed by atoms with E-state index in [9.17, 15) is 26.5 Å². The lowest BCUT2D eigenvalue weighted by atomic mass is 10.0. The fourth-order valence-corrected chi connectivity index (χ4v) is 5.73. The van der Waals surface area contributed by atoms with E-state index in [-0.39, 0.29) is 28.3 Å². The van der Waals surface area contributed by atoms with Crippen LogP contribution in [0.1, 0.15) is 43.0 Å². The number of aliphatic hydroxyl groups excluding tert-OH is 1. The van der Waals surface area contributed by atoms with Crippen LogP contribution in [0.3, 0.4) is 0 Å². The Bertz CT molecular complexity index is 1060. The highest BCUT2D eigenvalue weighted by Gasteiger charge is 2.35. The van der Waals surface area contributed by atoms with Gasteiger partial charge in [0.2, 0.25) is 10.0 Å². The Labute approximate surface area is 172 Å². The first-order chi connectivity index (χ1) is 13.4. The second kappa shape index (κ2) is 8.93. The van der Waals surface area contributed by atoms with Crippen molar-refractivity contribution < 1.29 is 26.5 Å². The SMILES string of the molecule is CC[C@@H](c1cc(C)ccc1S(=O)(=O)O)N(C[C@@H](C)O)S(=O)(=O)c1ccc(C)cc1. The summed E-state index contributed by atoms with van der Waals surface area (Å²) in [7, 11) is -8.62. The third-order valence-corrected chi connectivity index (χ3v) is 7.42. The molecular formula is C20H27NO6S2. The first kappa shape index (κ1) is 23.5. The average Bonchev–Trinajstić information content (AvgIpc) is 2.60. The van der Waals surface area contributed by atoms with Gasteiger partial charge in [-0.05, 0) is 51.0 Å². The van der Waals surface area contributed by atoms with Crippen molar-refractivity contribution >= 4 is 20.1 Å². The van der Waals surface area contributed by atoms with Crippen molar-refractivity contribution in [3.05, 3.63) is 59.2 Å². The standard InChI is InChI=1S/C20H27NO6S2/c1-5-19(18-12-15(3)8-11-20(18)29(25,26)27)21(13-16(4)22)28(23,24)17-9-6-14(2)7-10-17/h6-12,16,19,22H,5,13H2,1-4H3,(H,25,26,27)/t16-,19+/m1/s1. The fourth-order valence-electron chi connectivity index (χ4n) is 3.24. The van der Waals surface area contributed by atoms with Crippen LogP contribution in [0.15, 0.2) is 52.3 Å². The lowest BCUT2D eigenvalue weighted by molar-refractivity contribution is 0.145. The molecule has 0 saturated carbocycles. The Morgan fingerprint density at radius 1 is 0.966 bits per heavy atom. The van der Waals surface area contributed by atoms with Gasteiger partial charge in [0.1, 0.15) is 0 Å². The normalized spacial score (nSPS) is 14.7. The molecule has 2 rings (SSSR count). The molecule has 0 fully saturated rings. The third kappa shape index (κ3) is 5.43. The van der Waals surface area contributed by atoms with E-state index >= 15 is 0 Å². The topological polar surface area (TPSA) is 112 Å². The van der Waals surface area contributed by atoms with Crippen LogP contribution in [-0.2, 0) is 20.1 Å². The molecule has 0 radical (unpaired) electrons. The molecule has 0 aliphatic heterocycles. The Morgan fingerprint density at radius 2 is 1.52 bits per heavy atom. The largest absolute Gasteiger partial charge is 0.392 e. The molecule has 0 unspecified atom stereocenters. The third-order valence-electron chi connectivity index (χ3n) is 4.61. The molecule has 29 heavy (non-hydrogen) atoms. The summed E-state index contributed by atoms with van der Waals surface area (Å²) >= 11 is 0. The van der Waals surface area contributed by atoms with Crippen molar-refractivity contribution in [3.63, 3.8) is 0 Å². The summed E-state index contributed by atoms with van der Waals surface area (Å²) in [4.78, 5) is -0.298. The summed E-state index contributed by atoms with van der Waals surface area (Å²) in [5, 5.41) is 9.98. The molecule has 7 nitrogen and oxygen atoms in total. The molecule has 2 aromatic carbocycles. The van der Waals surface area contributed by atoms with E-state index in [1.807, 2.05) is 6.92 Å². The molecule has 2 N–H and O–H groups in total. The number of hydrogen-bond donors (Lipinski definition) is 2. The molecule has 0 amide bonds. The highest BCUT2D eigenvalue weighted by Crippen LogP contribution is 2.34. The van der Waals surface area contributed by atoms with Crippen LogP contribution in [0.25, 0.3) is 0 Å². The average molecular weight is 442 g/mol. The second-order valence-corrected chi connectivity index (χ2v) is 10.5. The van der Waals surface area contributed by atoms with Gasteiger partial charge < -0.3 is 5.11 Å². The Hall–Kier alpha value is -1.78. The van der Waals surface area contributed by atoms with Gasteiger partial charge in [-0.3, -0.25) is 4.55 Å². The number of hydrogen-bond acceptors (Lipinski definition) is 5. The van der Waals surface area contributed by atoms with Crippen molar-refractivity contribution in [2.24, 2.45) is 0 Å². The summed E-state index contributed by atoms with van der Waals surface area (Å²) in [6.07, 6.45) is -0.743. The molecule has 160 valence electrons. The Balaban J connectivity index is 2.71. The Morgan fingerprint density at radius 3 is 2.00 bits per heavy atom. The van der Waals surface area contributed by atoms with Gasteiger partial charge in [0, 0.05) is 6.54 Å². The highest BCUT2D eigenvalue weighted by molar-refractivity contribution is 7.89. The van der Waals surface area contributed by atoms with Gasteiger partial charge in [-0.15, -0.1) is 0 Å². The maximum absolute atomic E-state index is 13.4. The van der Waals surface area contributed by atoms with Crippen molar-refractivity contribution in [2.75, 3.05) is 6.54 Å². The van der Waals surface area contributed by atoms with E-state index in [0.717, 1.165) is 15.4 Å². The van der Waals surface area contributed by atoms with Gasteiger partial charge in [0.25, 0.3) is 10.1 Å². The molecule has 0 bridgehead atoms. The van der Waals surface area contributed by atoms with Crippen molar-refractivity contribution in [2.45, 2.75) is 56.1 Å². The molecule has 0 saturated heterocycles. The number of rotatable bonds is 8. The molecule has 0 aromatic heterocycles. The van der Waals surface area contributed by atoms with E-state index < -0.39 is 32.3 Å². The Kier molecular flexibility index (Phi) is 7.23. The van der Waals surface area contributed by atoms with Crippen LogP contribution in [0, 0.1) is 13.8 Å². The number of aryl methyl sites for hydroxylation is 2. The molecular weight excluding hydrogens is 414 g/mol. The lowest BCUT2D eigenvalue weighted by Gasteiger charge is -2.32. The van der Waals surface area contributed by atoms with Crippen LogP contribution in [0.5, 0.6) is 0 Å². The van der Waals surface area contributed by atoms with Crippen molar-refractivity contribution in [1.29, 1.82) is 0 Å². The zero-order valence-corrected chi connectivity index (χ0v) is 18.5. The van der Waals surface area contributed by atoms with E-state index in [1.54, 1.807) is 32.0 Å². The molecule has 0 aliphatic rings. The fraction of sp³-hybridized carbons (Fsp3) is 0.400. The minimum atomic E-state index is -4.57. The van der Waals surface area contributed by atoms with Gasteiger partial charge in [-0.2, -0.15) is 12.7 Å². The van der Waals surface area contributed by atoms with E-state index in [1.165, 1.54) is 31.2 Å². The number of benzene rings is 2. The van der Waals surface area contributed by atoms with Gasteiger partial charge >= 0.3 is 0 Å². The predicted molar refractivity (Wildman–Crippen MR) is 111 cm³/mol. The minimum Gasteiger partial charge on any atom is -0.392 e. The molecule has 0 aliphatic carbocycles. The van der Waals surface area contributed by atoms with E-state index in [4.69, 9.17) is 0 Å². The number of sulfonamides is 1. The van der Waals surface area contributed by atoms with Gasteiger partial charge in [-0.25, -0.2) is 8.42 Å². The molecule has 9 heteroatoms. The van der Waals surface area contributed by atoms with Crippen LogP contribution in [-0.4, -0.2) is 43.4 Å². The first-order valence-electron chi connectivity index (χ1n) is 9.22. The van der Waals surface area contributed by atoms with Crippen molar-refractivity contribution in [3.8, 4) is 0 Å². The van der Waals surface area contributed by atoms with Gasteiger partial charge in [-0.1, -0.05) is 42.3 Å². The molecule has 0 spiro atoms. The monoisotopic (exact) mass is 441 g/mol. The highest BCUT2D eigenvalue weighted by atomic mass is 32.2. The summed E-state index contributed by atoms with van der Waals surface area (Å²) in [6, 6.07) is 9.76. The second-order valence-electron chi connectivity index (χ2n) is 7.18. The van der Waals surface area contributed by atoms with Crippen LogP contribution in [0.4, 0.5) is 0 Å². The smallest absolute Gasteiger partial charge is 0.294 e. The van der Waals surface area contributed by atoms with Gasteiger partial charge in [0.05, 0.1) is 21.9 Å². The quantitative estimate of drug-likeness (QED) is 0.609. The maximum atomic E-state index is 13.4. The summed E-state index contributed by atoms with van der Waals surface area (Å²) < 4.78 is 61.4. The summed E-state index contributed by atoms with van der Waals surface area (Å²) in [5.41, 5.74) is 1.78.